The minimum absolute atomic E-state index is 0.00365. The Hall–Kier alpha value is -6.44. The number of nitrogens with zero attached hydrogens (tertiary/aromatic N) is 1. The fourth-order valence-electron chi connectivity index (χ4n) is 6.98. The lowest BCUT2D eigenvalue weighted by molar-refractivity contribution is -0.138. The van der Waals surface area contributed by atoms with Crippen molar-refractivity contribution in [2.75, 3.05) is 19.7 Å². The van der Waals surface area contributed by atoms with Gasteiger partial charge in [-0.15, -0.1) is 0 Å². The normalized spacial score (nSPS) is 27.2. The van der Waals surface area contributed by atoms with Crippen LogP contribution in [0.15, 0.2) is 35.3 Å². The van der Waals surface area contributed by atoms with Gasteiger partial charge in [0, 0.05) is 6.54 Å². The number of guanidine groups is 1. The number of rotatable bonds is 13. The highest BCUT2D eigenvalue weighted by Gasteiger charge is 2.39. The molecule has 1 saturated heterocycles. The minimum Gasteiger partial charge on any atom is -0.394 e. The van der Waals surface area contributed by atoms with Crippen LogP contribution < -0.4 is 65.1 Å². The SMILES string of the molecule is CCCC1NC(=O)[C@H]([C@H](O)C(C)C)NC(=O)[C@@H](N)[C@@H](c2ccccc2)NC(=O)C(CO)NC(=O)C(C)NC(=O)CNC(=O)[C@H]([C@H](C)O)NC(=O)[C@H]([C@@H](C)CC)NC(=O)[C@@H](CCCN=C(N)N)NC1=O. The Balaban J connectivity index is 2.74. The van der Waals surface area contributed by atoms with Gasteiger partial charge in [-0.25, -0.2) is 0 Å². The zero-order chi connectivity index (χ0) is 52.1. The van der Waals surface area contributed by atoms with E-state index in [0.29, 0.717) is 12.8 Å². The molecule has 18 N–H and O–H groups in total. The van der Waals surface area contributed by atoms with Crippen molar-refractivity contribution in [3.63, 3.8) is 0 Å². The van der Waals surface area contributed by atoms with Gasteiger partial charge in [0.1, 0.15) is 48.3 Å². The summed E-state index contributed by atoms with van der Waals surface area (Å²) in [6.07, 6.45) is -2.39. The lowest BCUT2D eigenvalue weighted by atomic mass is 9.95. The van der Waals surface area contributed by atoms with E-state index in [1.807, 2.05) is 0 Å². The Morgan fingerprint density at radius 3 is 1.77 bits per heavy atom. The van der Waals surface area contributed by atoms with Gasteiger partial charge >= 0.3 is 0 Å². The monoisotopic (exact) mass is 976 g/mol. The van der Waals surface area contributed by atoms with Crippen LogP contribution in [0.3, 0.4) is 0 Å². The first kappa shape index (κ1) is 58.7. The smallest absolute Gasteiger partial charge is 0.245 e. The van der Waals surface area contributed by atoms with E-state index in [0.717, 1.165) is 0 Å². The number of hydrogen-bond donors (Lipinski definition) is 15. The number of carbonyl (C=O) groups is 9. The molecule has 1 fully saturated rings. The van der Waals surface area contributed by atoms with Gasteiger partial charge in [0.25, 0.3) is 0 Å². The van der Waals surface area contributed by atoms with Gasteiger partial charge in [-0.1, -0.05) is 77.8 Å². The zero-order valence-electron chi connectivity index (χ0n) is 40.2. The van der Waals surface area contributed by atoms with E-state index >= 15 is 0 Å². The molecule has 0 aliphatic carbocycles. The topological polar surface area (TPSA) is 413 Å². The molecule has 386 valence electrons. The van der Waals surface area contributed by atoms with E-state index in [4.69, 9.17) is 17.2 Å². The van der Waals surface area contributed by atoms with E-state index < -0.39 is 145 Å². The molecular weight excluding hydrogens is 903 g/mol. The molecule has 12 atom stereocenters. The average Bonchev–Trinajstić information content (AvgIpc) is 3.30. The lowest BCUT2D eigenvalue weighted by Gasteiger charge is -2.32. The number of hydrogen-bond acceptors (Lipinski definition) is 14. The van der Waals surface area contributed by atoms with Crippen LogP contribution in [0.4, 0.5) is 0 Å². The summed E-state index contributed by atoms with van der Waals surface area (Å²) < 4.78 is 0. The second-order valence-electron chi connectivity index (χ2n) is 17.4. The van der Waals surface area contributed by atoms with Crippen molar-refractivity contribution in [1.29, 1.82) is 0 Å². The zero-order valence-corrected chi connectivity index (χ0v) is 40.2. The van der Waals surface area contributed by atoms with Gasteiger partial charge in [0.05, 0.1) is 31.4 Å². The highest BCUT2D eigenvalue weighted by atomic mass is 16.3. The maximum Gasteiger partial charge on any atom is 0.245 e. The largest absolute Gasteiger partial charge is 0.394 e. The number of aliphatic hydroxyl groups excluding tert-OH is 3. The Labute approximate surface area is 401 Å². The summed E-state index contributed by atoms with van der Waals surface area (Å²) in [6.45, 7) is 9.00. The first-order valence-electron chi connectivity index (χ1n) is 23.0. The van der Waals surface area contributed by atoms with Crippen molar-refractivity contribution in [3.8, 4) is 0 Å². The molecule has 0 saturated carbocycles. The molecule has 9 amide bonds. The Bertz CT molecular complexity index is 1950. The van der Waals surface area contributed by atoms with Gasteiger partial charge in [-0.3, -0.25) is 48.1 Å². The molecule has 1 aliphatic rings. The van der Waals surface area contributed by atoms with Crippen LogP contribution in [-0.2, 0) is 43.2 Å². The van der Waals surface area contributed by atoms with Crippen LogP contribution in [0.2, 0.25) is 0 Å². The first-order valence-corrected chi connectivity index (χ1v) is 23.0. The summed E-state index contributed by atoms with van der Waals surface area (Å²) in [5.74, 6) is -10.0. The third-order valence-corrected chi connectivity index (χ3v) is 11.4. The van der Waals surface area contributed by atoms with E-state index in [1.165, 1.54) is 26.0 Å². The fraction of sp³-hybridized carbons (Fsp3) is 0.636. The Kier molecular flexibility index (Phi) is 24.5. The highest BCUT2D eigenvalue weighted by Crippen LogP contribution is 2.18. The molecule has 1 aromatic carbocycles. The molecule has 3 unspecified atom stereocenters. The predicted octanol–water partition coefficient (Wildman–Crippen LogP) is -5.00. The maximum absolute atomic E-state index is 14.1. The number of carbonyl (C=O) groups excluding carboxylic acids is 9. The fourth-order valence-corrected chi connectivity index (χ4v) is 6.98. The molecule has 1 heterocycles. The van der Waals surface area contributed by atoms with E-state index in [1.54, 1.807) is 52.8 Å². The van der Waals surface area contributed by atoms with Crippen LogP contribution in [0.5, 0.6) is 0 Å². The second kappa shape index (κ2) is 28.8. The van der Waals surface area contributed by atoms with E-state index in [-0.39, 0.29) is 37.3 Å². The summed E-state index contributed by atoms with van der Waals surface area (Å²) in [5.41, 5.74) is 17.7. The molecule has 0 spiro atoms. The van der Waals surface area contributed by atoms with Crippen LogP contribution in [-0.4, -0.2) is 155 Å². The maximum atomic E-state index is 14.1. The number of nitrogens with one attached hydrogen (secondary N) is 9. The lowest BCUT2D eigenvalue weighted by Crippen LogP contribution is -2.63. The molecule has 0 bridgehead atoms. The third kappa shape index (κ3) is 18.5. The molecule has 0 radical (unpaired) electrons. The molecule has 69 heavy (non-hydrogen) atoms. The summed E-state index contributed by atoms with van der Waals surface area (Å²) in [7, 11) is 0. The second-order valence-corrected chi connectivity index (χ2v) is 17.4. The van der Waals surface area contributed by atoms with Gasteiger partial charge in [-0.05, 0) is 50.5 Å². The Morgan fingerprint density at radius 1 is 0.667 bits per heavy atom. The molecule has 25 nitrogen and oxygen atoms in total. The van der Waals surface area contributed by atoms with Crippen molar-refractivity contribution >= 4 is 59.1 Å². The summed E-state index contributed by atoms with van der Waals surface area (Å²) in [4.78, 5) is 127. The van der Waals surface area contributed by atoms with Crippen LogP contribution in [0.1, 0.15) is 92.2 Å². The molecule has 0 aromatic heterocycles. The number of amides is 9. The van der Waals surface area contributed by atoms with Gasteiger partial charge < -0.3 is 80.4 Å². The molecular formula is C44H73N13O12. The first-order chi connectivity index (χ1) is 32.5. The summed E-state index contributed by atoms with van der Waals surface area (Å²) >= 11 is 0. The molecule has 25 heteroatoms. The Morgan fingerprint density at radius 2 is 1.20 bits per heavy atom. The molecule has 1 aliphatic heterocycles. The van der Waals surface area contributed by atoms with Crippen molar-refractivity contribution < 1.29 is 58.5 Å². The molecule has 1 aromatic rings. The summed E-state index contributed by atoms with van der Waals surface area (Å²) in [6, 6.07) is -5.69. The standard InChI is InChI=1S/C44H73N13O12/c1-8-14-26-37(63)51-27(17-13-18-48-44(46)47)38(64)54-31(22(5)9-2)42(68)55-32(24(7)59)41(67)49-19-29(60)50-23(6)36(62)53-28(20-58)39(65)56-33(25-15-11-10-12-16-25)30(45)40(66)57-34(43(69)52-26)35(61)21(3)4/h10-12,15-16,21-24,26-28,30-35,58-59,61H,8-9,13-14,17-20,45H2,1-7H3,(H,49,67)(H,50,60)(H,51,63)(H,52,69)(H,53,62)(H,54,64)(H,55,68)(H,56,65)(H,57,66)(H4,46,47,48)/t22-,23?,24-,26?,27+,28?,30-,31-,32-,33+,34-,35+/m0/s1. The van der Waals surface area contributed by atoms with Crippen LogP contribution in [0, 0.1) is 11.8 Å². The number of nitrogens with two attached hydrogens (primary N) is 3. The van der Waals surface area contributed by atoms with Crippen molar-refractivity contribution in [2.24, 2.45) is 34.0 Å². The van der Waals surface area contributed by atoms with Crippen LogP contribution in [0.25, 0.3) is 0 Å². The highest BCUT2D eigenvalue weighted by molar-refractivity contribution is 5.98. The molecule has 2 rings (SSSR count). The number of benzene rings is 1. The summed E-state index contributed by atoms with van der Waals surface area (Å²) in [5, 5.41) is 54.3. The minimum atomic E-state index is -1.74. The number of aliphatic hydroxyl groups is 3. The van der Waals surface area contributed by atoms with Crippen molar-refractivity contribution in [1.82, 2.24) is 47.9 Å². The van der Waals surface area contributed by atoms with Gasteiger partial charge in [0.2, 0.25) is 53.2 Å². The quantitative estimate of drug-likeness (QED) is 0.0500. The van der Waals surface area contributed by atoms with Gasteiger partial charge in [-0.2, -0.15) is 0 Å². The van der Waals surface area contributed by atoms with Crippen LogP contribution >= 0.6 is 0 Å². The van der Waals surface area contributed by atoms with E-state index in [2.05, 4.69) is 52.8 Å². The average molecular weight is 976 g/mol. The predicted molar refractivity (Wildman–Crippen MR) is 251 cm³/mol. The van der Waals surface area contributed by atoms with Crippen molar-refractivity contribution in [3.05, 3.63) is 35.9 Å². The van der Waals surface area contributed by atoms with Crippen molar-refractivity contribution in [2.45, 2.75) is 147 Å². The third-order valence-electron chi connectivity index (χ3n) is 11.4. The number of aliphatic imine (C=N–C) groups is 1. The van der Waals surface area contributed by atoms with Gasteiger partial charge in [0.15, 0.2) is 5.96 Å². The van der Waals surface area contributed by atoms with E-state index in [9.17, 15) is 58.5 Å².